The molecule has 2 saturated heterocycles. The van der Waals surface area contributed by atoms with Crippen molar-refractivity contribution in [2.24, 2.45) is 5.92 Å². The lowest BCUT2D eigenvalue weighted by atomic mass is 9.96. The Labute approximate surface area is 229 Å². The molecular formula is C32H35N3O4. The van der Waals surface area contributed by atoms with Gasteiger partial charge in [0, 0.05) is 24.3 Å². The van der Waals surface area contributed by atoms with Crippen molar-refractivity contribution in [1.82, 2.24) is 9.80 Å². The van der Waals surface area contributed by atoms with Crippen LogP contribution in [0.25, 0.3) is 0 Å². The summed E-state index contributed by atoms with van der Waals surface area (Å²) < 4.78 is 5.87. The van der Waals surface area contributed by atoms with Crippen LogP contribution in [-0.2, 0) is 16.1 Å². The van der Waals surface area contributed by atoms with Gasteiger partial charge in [0.2, 0.25) is 5.91 Å². The monoisotopic (exact) mass is 525 g/mol. The first-order chi connectivity index (χ1) is 18.8. The highest BCUT2D eigenvalue weighted by Crippen LogP contribution is 2.36. The van der Waals surface area contributed by atoms with Gasteiger partial charge in [-0.3, -0.25) is 14.5 Å². The molecule has 39 heavy (non-hydrogen) atoms. The summed E-state index contributed by atoms with van der Waals surface area (Å²) in [5.41, 5.74) is 5.03. The summed E-state index contributed by atoms with van der Waals surface area (Å²) in [6.45, 7) is 7.84. The Morgan fingerprint density at radius 3 is 2.26 bits per heavy atom. The van der Waals surface area contributed by atoms with Crippen molar-refractivity contribution in [3.8, 4) is 0 Å². The largest absolute Gasteiger partial charge is 0.438 e. The van der Waals surface area contributed by atoms with Crippen LogP contribution in [0.4, 0.5) is 10.5 Å². The first kappa shape index (κ1) is 26.5. The lowest BCUT2D eigenvalue weighted by Crippen LogP contribution is -2.50. The van der Waals surface area contributed by atoms with Crippen molar-refractivity contribution in [2.45, 2.75) is 52.3 Å². The molecule has 7 nitrogen and oxygen atoms in total. The maximum atomic E-state index is 13.9. The minimum Gasteiger partial charge on any atom is -0.438 e. The molecule has 2 aliphatic rings. The van der Waals surface area contributed by atoms with Crippen LogP contribution in [0.5, 0.6) is 0 Å². The topological polar surface area (TPSA) is 79.0 Å². The highest BCUT2D eigenvalue weighted by Gasteiger charge is 2.48. The van der Waals surface area contributed by atoms with Gasteiger partial charge < -0.3 is 15.0 Å². The van der Waals surface area contributed by atoms with E-state index in [4.69, 9.17) is 4.74 Å². The molecule has 202 valence electrons. The molecule has 1 N–H and O–H groups in total. The van der Waals surface area contributed by atoms with Gasteiger partial charge in [-0.2, -0.15) is 0 Å². The number of cyclic esters (lactones) is 1. The van der Waals surface area contributed by atoms with E-state index < -0.39 is 18.2 Å². The van der Waals surface area contributed by atoms with Crippen molar-refractivity contribution in [1.29, 1.82) is 0 Å². The normalized spacial score (nSPS) is 19.6. The van der Waals surface area contributed by atoms with Crippen LogP contribution in [0.2, 0.25) is 0 Å². The fraction of sp³-hybridized carbons (Fsp3) is 0.344. The van der Waals surface area contributed by atoms with Gasteiger partial charge in [-0.25, -0.2) is 4.79 Å². The number of ether oxygens (including phenoxy) is 1. The zero-order chi connectivity index (χ0) is 27.5. The predicted molar refractivity (Wildman–Crippen MR) is 150 cm³/mol. The molecule has 3 aromatic rings. The third kappa shape index (κ3) is 5.82. The predicted octanol–water partition coefficient (Wildman–Crippen LogP) is 5.88. The third-order valence-corrected chi connectivity index (χ3v) is 7.85. The van der Waals surface area contributed by atoms with Gasteiger partial charge in [-0.15, -0.1) is 0 Å². The quantitative estimate of drug-likeness (QED) is 0.436. The zero-order valence-electron chi connectivity index (χ0n) is 22.7. The van der Waals surface area contributed by atoms with Crippen LogP contribution in [0.3, 0.4) is 0 Å². The molecule has 7 heteroatoms. The SMILES string of the molecule is Cc1ccc(C(=O)Nc2ccc(C3OC(=O)N(Cc4ccccc4C)C3C(=O)N3CCC(C)CC3)cc2)cc1. The molecule has 5 rings (SSSR count). The van der Waals surface area contributed by atoms with Crippen LogP contribution in [0, 0.1) is 19.8 Å². The second kappa shape index (κ2) is 11.3. The molecule has 0 aromatic heterocycles. The summed E-state index contributed by atoms with van der Waals surface area (Å²) >= 11 is 0. The molecule has 3 aromatic carbocycles. The van der Waals surface area contributed by atoms with E-state index in [1.807, 2.05) is 67.3 Å². The van der Waals surface area contributed by atoms with Crippen molar-refractivity contribution in [2.75, 3.05) is 18.4 Å². The molecule has 2 fully saturated rings. The van der Waals surface area contributed by atoms with Gasteiger partial charge in [0.15, 0.2) is 12.1 Å². The van der Waals surface area contributed by atoms with Crippen molar-refractivity contribution in [3.05, 3.63) is 101 Å². The molecule has 2 atom stereocenters. The van der Waals surface area contributed by atoms with Crippen molar-refractivity contribution >= 4 is 23.6 Å². The number of nitrogens with zero attached hydrogens (tertiary/aromatic N) is 2. The summed E-state index contributed by atoms with van der Waals surface area (Å²) in [6.07, 6.45) is 0.662. The van der Waals surface area contributed by atoms with Gasteiger partial charge in [-0.05, 0) is 73.6 Å². The summed E-state index contributed by atoms with van der Waals surface area (Å²) in [6, 6.07) is 21.7. The zero-order valence-corrected chi connectivity index (χ0v) is 22.7. The summed E-state index contributed by atoms with van der Waals surface area (Å²) in [7, 11) is 0. The maximum Gasteiger partial charge on any atom is 0.411 e. The summed E-state index contributed by atoms with van der Waals surface area (Å²) in [4.78, 5) is 43.2. The first-order valence-electron chi connectivity index (χ1n) is 13.6. The van der Waals surface area contributed by atoms with Crippen molar-refractivity contribution in [3.63, 3.8) is 0 Å². The molecule has 3 amide bonds. The molecule has 0 spiro atoms. The fourth-order valence-electron chi connectivity index (χ4n) is 5.25. The van der Waals surface area contributed by atoms with E-state index in [0.717, 1.165) is 29.5 Å². The Balaban J connectivity index is 1.39. The molecule has 0 aliphatic carbocycles. The van der Waals surface area contributed by atoms with Gasteiger partial charge in [0.25, 0.3) is 5.91 Å². The van der Waals surface area contributed by atoms with E-state index in [-0.39, 0.29) is 11.8 Å². The van der Waals surface area contributed by atoms with Crippen LogP contribution in [-0.4, -0.2) is 46.8 Å². The van der Waals surface area contributed by atoms with Gasteiger partial charge in [-0.1, -0.05) is 61.0 Å². The molecule has 0 radical (unpaired) electrons. The van der Waals surface area contributed by atoms with Crippen LogP contribution in [0.15, 0.2) is 72.8 Å². The molecule has 2 unspecified atom stereocenters. The number of piperidine rings is 1. The highest BCUT2D eigenvalue weighted by molar-refractivity contribution is 6.04. The minimum absolute atomic E-state index is 0.0805. The van der Waals surface area contributed by atoms with Gasteiger partial charge in [0.1, 0.15) is 0 Å². The van der Waals surface area contributed by atoms with E-state index in [1.54, 1.807) is 29.2 Å². The molecule has 0 saturated carbocycles. The average Bonchev–Trinajstić information content (AvgIpc) is 3.26. The number of anilines is 1. The summed E-state index contributed by atoms with van der Waals surface area (Å²) in [5.74, 6) is 0.298. The lowest BCUT2D eigenvalue weighted by molar-refractivity contribution is -0.138. The third-order valence-electron chi connectivity index (χ3n) is 7.85. The average molecular weight is 526 g/mol. The summed E-state index contributed by atoms with van der Waals surface area (Å²) in [5, 5.41) is 2.91. The van der Waals surface area contributed by atoms with Crippen LogP contribution >= 0.6 is 0 Å². The Kier molecular flexibility index (Phi) is 7.68. The molecule has 2 heterocycles. The van der Waals surface area contributed by atoms with Crippen molar-refractivity contribution < 1.29 is 19.1 Å². The van der Waals surface area contributed by atoms with Crippen LogP contribution in [0.1, 0.15) is 58.5 Å². The van der Waals surface area contributed by atoms with E-state index in [0.29, 0.717) is 42.4 Å². The van der Waals surface area contributed by atoms with Crippen LogP contribution < -0.4 is 5.32 Å². The highest BCUT2D eigenvalue weighted by atomic mass is 16.6. The number of likely N-dealkylation sites (tertiary alicyclic amines) is 1. The van der Waals surface area contributed by atoms with Gasteiger partial charge in [0.05, 0.1) is 6.54 Å². The Morgan fingerprint density at radius 1 is 0.923 bits per heavy atom. The van der Waals surface area contributed by atoms with Gasteiger partial charge >= 0.3 is 6.09 Å². The smallest absolute Gasteiger partial charge is 0.411 e. The molecule has 2 aliphatic heterocycles. The number of carbonyl (C=O) groups is 3. The molecular weight excluding hydrogens is 490 g/mol. The standard InChI is InChI=1S/C32H35N3O4/c1-21-8-10-25(11-9-21)30(36)33-27-14-12-24(13-15-27)29-28(31(37)34-18-16-22(2)17-19-34)35(32(38)39-29)20-26-7-5-4-6-23(26)3/h4-15,22,28-29H,16-20H2,1-3H3,(H,33,36). The lowest BCUT2D eigenvalue weighted by Gasteiger charge is -2.35. The number of carbonyl (C=O) groups excluding carboxylic acids is 3. The van der Waals surface area contributed by atoms with E-state index in [1.165, 1.54) is 0 Å². The molecule has 0 bridgehead atoms. The second-order valence-corrected chi connectivity index (χ2v) is 10.8. The number of amides is 3. The number of hydrogen-bond donors (Lipinski definition) is 1. The first-order valence-corrected chi connectivity index (χ1v) is 13.6. The Hall–Kier alpha value is -4.13. The Bertz CT molecular complexity index is 1340. The van der Waals surface area contributed by atoms with E-state index in [2.05, 4.69) is 12.2 Å². The second-order valence-electron chi connectivity index (χ2n) is 10.8. The number of nitrogens with one attached hydrogen (secondary N) is 1. The Morgan fingerprint density at radius 2 is 1.59 bits per heavy atom. The number of rotatable bonds is 6. The van der Waals surface area contributed by atoms with E-state index in [9.17, 15) is 14.4 Å². The number of hydrogen-bond acceptors (Lipinski definition) is 4. The maximum absolute atomic E-state index is 13.9. The number of aryl methyl sites for hydroxylation is 2. The fourth-order valence-corrected chi connectivity index (χ4v) is 5.25. The van der Waals surface area contributed by atoms with E-state index >= 15 is 0 Å². The minimum atomic E-state index is -0.765. The number of benzene rings is 3.